The SMILES string of the molecule is CC(C)(C)OC(=O)Nc1ccc(F)c(CO)c1. The Bertz CT molecular complexity index is 413. The number of aliphatic hydroxyl groups is 1. The number of halogens is 1. The van der Waals surface area contributed by atoms with E-state index >= 15 is 0 Å². The molecule has 0 spiro atoms. The average molecular weight is 241 g/mol. The van der Waals surface area contributed by atoms with Crippen LogP contribution in [0.25, 0.3) is 0 Å². The van der Waals surface area contributed by atoms with Crippen LogP contribution in [0.1, 0.15) is 26.3 Å². The largest absolute Gasteiger partial charge is 0.444 e. The molecule has 0 saturated heterocycles. The van der Waals surface area contributed by atoms with Crippen LogP contribution < -0.4 is 5.32 Å². The molecule has 4 nitrogen and oxygen atoms in total. The standard InChI is InChI=1S/C12H16FNO3/c1-12(2,3)17-11(16)14-9-4-5-10(13)8(6-9)7-15/h4-6,15H,7H2,1-3H3,(H,14,16). The molecule has 0 fully saturated rings. The Morgan fingerprint density at radius 2 is 2.12 bits per heavy atom. The molecule has 0 heterocycles. The molecule has 0 atom stereocenters. The number of benzene rings is 1. The van der Waals surface area contributed by atoms with Gasteiger partial charge in [-0.2, -0.15) is 0 Å². The second-order valence-electron chi connectivity index (χ2n) is 4.59. The van der Waals surface area contributed by atoms with Crippen molar-refractivity contribution in [3.8, 4) is 0 Å². The molecule has 1 rings (SSSR count). The van der Waals surface area contributed by atoms with Crippen molar-refractivity contribution in [2.24, 2.45) is 0 Å². The van der Waals surface area contributed by atoms with Crippen LogP contribution in [0.3, 0.4) is 0 Å². The number of hydrogen-bond acceptors (Lipinski definition) is 3. The second-order valence-corrected chi connectivity index (χ2v) is 4.59. The monoisotopic (exact) mass is 241 g/mol. The van der Waals surface area contributed by atoms with Gasteiger partial charge in [0.05, 0.1) is 6.61 Å². The minimum Gasteiger partial charge on any atom is -0.444 e. The Labute approximate surface area is 99.4 Å². The van der Waals surface area contributed by atoms with E-state index in [1.807, 2.05) is 0 Å². The summed E-state index contributed by atoms with van der Waals surface area (Å²) in [5, 5.41) is 11.3. The number of anilines is 1. The summed E-state index contributed by atoms with van der Waals surface area (Å²) in [5.74, 6) is -0.512. The first kappa shape index (κ1) is 13.4. The maximum Gasteiger partial charge on any atom is 0.412 e. The molecule has 0 saturated carbocycles. The fraction of sp³-hybridized carbons (Fsp3) is 0.417. The minimum atomic E-state index is -0.618. The quantitative estimate of drug-likeness (QED) is 0.836. The highest BCUT2D eigenvalue weighted by Crippen LogP contribution is 2.16. The summed E-state index contributed by atoms with van der Waals surface area (Å²) >= 11 is 0. The maximum atomic E-state index is 13.1. The van der Waals surface area contributed by atoms with Gasteiger partial charge in [-0.15, -0.1) is 0 Å². The van der Waals surface area contributed by atoms with Crippen molar-refractivity contribution < 1.29 is 19.0 Å². The molecule has 0 radical (unpaired) electrons. The van der Waals surface area contributed by atoms with E-state index < -0.39 is 24.1 Å². The number of ether oxygens (including phenoxy) is 1. The molecule has 94 valence electrons. The molecule has 17 heavy (non-hydrogen) atoms. The first-order chi connectivity index (χ1) is 7.81. The van der Waals surface area contributed by atoms with Crippen molar-refractivity contribution in [2.45, 2.75) is 33.0 Å². The van der Waals surface area contributed by atoms with E-state index in [0.29, 0.717) is 5.69 Å². The summed E-state index contributed by atoms with van der Waals surface area (Å²) in [6.07, 6.45) is -0.618. The van der Waals surface area contributed by atoms with E-state index in [1.54, 1.807) is 20.8 Å². The predicted molar refractivity (Wildman–Crippen MR) is 62.2 cm³/mol. The molecule has 0 aliphatic rings. The van der Waals surface area contributed by atoms with Gasteiger partial charge in [0.2, 0.25) is 0 Å². The van der Waals surface area contributed by atoms with Gasteiger partial charge in [0.25, 0.3) is 0 Å². The molecule has 0 aromatic heterocycles. The van der Waals surface area contributed by atoms with Crippen molar-refractivity contribution in [1.82, 2.24) is 0 Å². The number of carbonyl (C=O) groups is 1. The van der Waals surface area contributed by atoms with Crippen LogP contribution in [-0.2, 0) is 11.3 Å². The van der Waals surface area contributed by atoms with Gasteiger partial charge in [-0.05, 0) is 39.0 Å². The van der Waals surface area contributed by atoms with Gasteiger partial charge in [0.1, 0.15) is 11.4 Å². The van der Waals surface area contributed by atoms with Crippen molar-refractivity contribution in [2.75, 3.05) is 5.32 Å². The van der Waals surface area contributed by atoms with Gasteiger partial charge in [-0.3, -0.25) is 5.32 Å². The van der Waals surface area contributed by atoms with Crippen LogP contribution in [0, 0.1) is 5.82 Å². The molecule has 2 N–H and O–H groups in total. The molecular formula is C12H16FNO3. The zero-order valence-electron chi connectivity index (χ0n) is 10.1. The lowest BCUT2D eigenvalue weighted by Gasteiger charge is -2.19. The van der Waals surface area contributed by atoms with Crippen LogP contribution in [-0.4, -0.2) is 16.8 Å². The Balaban J connectivity index is 2.72. The first-order valence-electron chi connectivity index (χ1n) is 5.21. The number of amides is 1. The molecule has 1 amide bonds. The van der Waals surface area contributed by atoms with Crippen LogP contribution in [0.4, 0.5) is 14.9 Å². The summed E-state index contributed by atoms with van der Waals surface area (Å²) in [5.41, 5.74) is -0.0903. The third-order valence-electron chi connectivity index (χ3n) is 1.86. The summed E-state index contributed by atoms with van der Waals surface area (Å²) in [6.45, 7) is 4.82. The molecule has 1 aromatic rings. The van der Waals surface area contributed by atoms with Gasteiger partial charge in [0.15, 0.2) is 0 Å². The molecule has 0 unspecified atom stereocenters. The fourth-order valence-electron chi connectivity index (χ4n) is 1.20. The van der Waals surface area contributed by atoms with Gasteiger partial charge in [-0.25, -0.2) is 9.18 Å². The Kier molecular flexibility index (Phi) is 4.07. The van der Waals surface area contributed by atoms with E-state index in [-0.39, 0.29) is 5.56 Å². The molecule has 0 bridgehead atoms. The third kappa shape index (κ3) is 4.40. The summed E-state index contributed by atoms with van der Waals surface area (Å²) < 4.78 is 18.1. The predicted octanol–water partition coefficient (Wildman–Crippen LogP) is 2.67. The number of carbonyl (C=O) groups excluding carboxylic acids is 1. The van der Waals surface area contributed by atoms with Crippen LogP contribution in [0.5, 0.6) is 0 Å². The number of rotatable bonds is 2. The lowest BCUT2D eigenvalue weighted by molar-refractivity contribution is 0.0636. The van der Waals surface area contributed by atoms with E-state index in [2.05, 4.69) is 5.32 Å². The highest BCUT2D eigenvalue weighted by Gasteiger charge is 2.16. The maximum absolute atomic E-state index is 13.1. The normalized spacial score (nSPS) is 11.1. The van der Waals surface area contributed by atoms with Gasteiger partial charge in [0, 0.05) is 11.3 Å². The van der Waals surface area contributed by atoms with Crippen LogP contribution in [0.2, 0.25) is 0 Å². The number of nitrogens with one attached hydrogen (secondary N) is 1. The number of aliphatic hydroxyl groups excluding tert-OH is 1. The Hall–Kier alpha value is -1.62. The summed E-state index contributed by atoms with van der Waals surface area (Å²) in [6, 6.07) is 3.94. The van der Waals surface area contributed by atoms with E-state index in [1.165, 1.54) is 18.2 Å². The summed E-state index contributed by atoms with van der Waals surface area (Å²) in [7, 11) is 0. The highest BCUT2D eigenvalue weighted by molar-refractivity contribution is 5.84. The first-order valence-corrected chi connectivity index (χ1v) is 5.21. The van der Waals surface area contributed by atoms with Gasteiger partial charge < -0.3 is 9.84 Å². The molecule has 5 heteroatoms. The zero-order chi connectivity index (χ0) is 13.1. The number of hydrogen-bond donors (Lipinski definition) is 2. The van der Waals surface area contributed by atoms with E-state index in [4.69, 9.17) is 9.84 Å². The topological polar surface area (TPSA) is 58.6 Å². The molecular weight excluding hydrogens is 225 g/mol. The molecule has 0 aliphatic heterocycles. The van der Waals surface area contributed by atoms with Gasteiger partial charge >= 0.3 is 6.09 Å². The lowest BCUT2D eigenvalue weighted by atomic mass is 10.2. The van der Waals surface area contributed by atoms with Crippen molar-refractivity contribution in [3.63, 3.8) is 0 Å². The van der Waals surface area contributed by atoms with Crippen molar-refractivity contribution >= 4 is 11.8 Å². The lowest BCUT2D eigenvalue weighted by Crippen LogP contribution is -2.27. The van der Waals surface area contributed by atoms with Crippen LogP contribution in [0.15, 0.2) is 18.2 Å². The van der Waals surface area contributed by atoms with E-state index in [9.17, 15) is 9.18 Å². The Morgan fingerprint density at radius 1 is 1.47 bits per heavy atom. The van der Waals surface area contributed by atoms with Crippen molar-refractivity contribution in [1.29, 1.82) is 0 Å². The average Bonchev–Trinajstić information content (AvgIpc) is 2.18. The molecule has 0 aliphatic carbocycles. The minimum absolute atomic E-state index is 0.124. The van der Waals surface area contributed by atoms with Crippen molar-refractivity contribution in [3.05, 3.63) is 29.6 Å². The Morgan fingerprint density at radius 3 is 2.65 bits per heavy atom. The second kappa shape index (κ2) is 5.14. The highest BCUT2D eigenvalue weighted by atomic mass is 19.1. The smallest absolute Gasteiger partial charge is 0.412 e. The van der Waals surface area contributed by atoms with Gasteiger partial charge in [-0.1, -0.05) is 0 Å². The molecule has 1 aromatic carbocycles. The fourth-order valence-corrected chi connectivity index (χ4v) is 1.20. The third-order valence-corrected chi connectivity index (χ3v) is 1.86. The van der Waals surface area contributed by atoms with E-state index in [0.717, 1.165) is 0 Å². The van der Waals surface area contributed by atoms with Crippen LogP contribution >= 0.6 is 0 Å². The zero-order valence-corrected chi connectivity index (χ0v) is 10.1. The summed E-state index contributed by atoms with van der Waals surface area (Å²) in [4.78, 5) is 11.4.